The van der Waals surface area contributed by atoms with Crippen molar-refractivity contribution in [3.8, 4) is 0 Å². The molecule has 4 nitrogen and oxygen atoms in total. The van der Waals surface area contributed by atoms with E-state index in [4.69, 9.17) is 0 Å². The lowest BCUT2D eigenvalue weighted by Crippen LogP contribution is -2.57. The van der Waals surface area contributed by atoms with Crippen molar-refractivity contribution in [3.63, 3.8) is 0 Å². The van der Waals surface area contributed by atoms with Gasteiger partial charge in [-0.15, -0.1) is 0 Å². The second-order valence-electron chi connectivity index (χ2n) is 4.66. The number of hydrogen-bond donors (Lipinski definition) is 1. The van der Waals surface area contributed by atoms with E-state index in [0.29, 0.717) is 6.54 Å². The van der Waals surface area contributed by atoms with Crippen LogP contribution < -0.4 is 10.2 Å². The zero-order valence-corrected chi connectivity index (χ0v) is 10.7. The Morgan fingerprint density at radius 1 is 1.39 bits per heavy atom. The summed E-state index contributed by atoms with van der Waals surface area (Å²) in [6, 6.07) is 6.19. The molecule has 1 amide bonds. The summed E-state index contributed by atoms with van der Waals surface area (Å²) < 4.78 is 12.9. The second kappa shape index (κ2) is 5.35. The van der Waals surface area contributed by atoms with Crippen molar-refractivity contribution in [1.82, 2.24) is 10.2 Å². The van der Waals surface area contributed by atoms with Gasteiger partial charge in [-0.05, 0) is 24.3 Å². The van der Waals surface area contributed by atoms with Gasteiger partial charge >= 0.3 is 0 Å². The predicted molar refractivity (Wildman–Crippen MR) is 69.1 cm³/mol. The molecule has 1 atom stereocenters. The fourth-order valence-corrected chi connectivity index (χ4v) is 2.11. The summed E-state index contributed by atoms with van der Waals surface area (Å²) in [5.74, 6) is -0.170. The van der Waals surface area contributed by atoms with E-state index in [-0.39, 0.29) is 17.8 Å². The number of carbonyl (C=O) groups is 1. The summed E-state index contributed by atoms with van der Waals surface area (Å²) in [4.78, 5) is 15.6. The zero-order valence-electron chi connectivity index (χ0n) is 10.7. The van der Waals surface area contributed by atoms with E-state index in [1.807, 2.05) is 0 Å². The molecule has 98 valence electrons. The molecule has 1 aromatic carbocycles. The SMILES string of the molecule is CN(C)C(=O)C1CN(c2ccc(F)cc2)CCN1. The van der Waals surface area contributed by atoms with E-state index in [0.717, 1.165) is 18.8 Å². The van der Waals surface area contributed by atoms with Gasteiger partial charge in [-0.3, -0.25) is 4.79 Å². The topological polar surface area (TPSA) is 35.6 Å². The minimum absolute atomic E-state index is 0.0711. The van der Waals surface area contributed by atoms with Crippen molar-refractivity contribution in [3.05, 3.63) is 30.1 Å². The first kappa shape index (κ1) is 12.8. The lowest BCUT2D eigenvalue weighted by molar-refractivity contribution is -0.130. The summed E-state index contributed by atoms with van der Waals surface area (Å²) in [6.07, 6.45) is 0. The highest BCUT2D eigenvalue weighted by Crippen LogP contribution is 2.16. The maximum Gasteiger partial charge on any atom is 0.241 e. The number of halogens is 1. The Morgan fingerprint density at radius 2 is 2.06 bits per heavy atom. The third-order valence-corrected chi connectivity index (χ3v) is 3.11. The number of carbonyl (C=O) groups excluding carboxylic acids is 1. The molecule has 1 N–H and O–H groups in total. The number of benzene rings is 1. The van der Waals surface area contributed by atoms with Gasteiger partial charge in [-0.1, -0.05) is 0 Å². The monoisotopic (exact) mass is 251 g/mol. The summed E-state index contributed by atoms with van der Waals surface area (Å²) in [5.41, 5.74) is 0.953. The van der Waals surface area contributed by atoms with Crippen LogP contribution in [0.1, 0.15) is 0 Å². The van der Waals surface area contributed by atoms with Crippen molar-refractivity contribution in [2.45, 2.75) is 6.04 Å². The molecule has 18 heavy (non-hydrogen) atoms. The van der Waals surface area contributed by atoms with Crippen LogP contribution in [0.3, 0.4) is 0 Å². The highest BCUT2D eigenvalue weighted by atomic mass is 19.1. The van der Waals surface area contributed by atoms with Crippen LogP contribution in [-0.2, 0) is 4.79 Å². The molecule has 1 saturated heterocycles. The molecular formula is C13H18FN3O. The van der Waals surface area contributed by atoms with Gasteiger partial charge in [-0.2, -0.15) is 0 Å². The van der Waals surface area contributed by atoms with Crippen molar-refractivity contribution in [1.29, 1.82) is 0 Å². The van der Waals surface area contributed by atoms with Gasteiger partial charge < -0.3 is 15.1 Å². The summed E-state index contributed by atoms with van der Waals surface area (Å²) >= 11 is 0. The predicted octanol–water partition coefficient (Wildman–Crippen LogP) is 0.692. The highest BCUT2D eigenvalue weighted by Gasteiger charge is 2.26. The van der Waals surface area contributed by atoms with Crippen LogP contribution in [0.2, 0.25) is 0 Å². The average Bonchev–Trinajstić information content (AvgIpc) is 2.38. The minimum atomic E-state index is -0.241. The largest absolute Gasteiger partial charge is 0.368 e. The maximum atomic E-state index is 12.9. The molecule has 0 aromatic heterocycles. The molecule has 0 aliphatic carbocycles. The molecule has 1 aliphatic heterocycles. The van der Waals surface area contributed by atoms with Crippen LogP contribution in [0, 0.1) is 5.82 Å². The first-order chi connectivity index (χ1) is 8.58. The molecule has 1 aromatic rings. The van der Waals surface area contributed by atoms with Gasteiger partial charge in [0.1, 0.15) is 11.9 Å². The Hall–Kier alpha value is -1.62. The number of hydrogen-bond acceptors (Lipinski definition) is 3. The number of anilines is 1. The lowest BCUT2D eigenvalue weighted by Gasteiger charge is -2.35. The lowest BCUT2D eigenvalue weighted by atomic mass is 10.1. The molecule has 0 radical (unpaired) electrons. The van der Waals surface area contributed by atoms with Crippen molar-refractivity contribution >= 4 is 11.6 Å². The van der Waals surface area contributed by atoms with Crippen LogP contribution in [-0.4, -0.2) is 50.6 Å². The first-order valence-electron chi connectivity index (χ1n) is 6.03. The molecule has 1 heterocycles. The van der Waals surface area contributed by atoms with Crippen LogP contribution >= 0.6 is 0 Å². The molecule has 2 rings (SSSR count). The van der Waals surface area contributed by atoms with E-state index in [1.165, 1.54) is 12.1 Å². The number of rotatable bonds is 2. The van der Waals surface area contributed by atoms with E-state index < -0.39 is 0 Å². The number of likely N-dealkylation sites (N-methyl/N-ethyl adjacent to an activating group) is 1. The minimum Gasteiger partial charge on any atom is -0.368 e. The Morgan fingerprint density at radius 3 is 2.67 bits per heavy atom. The maximum absolute atomic E-state index is 12.9. The number of piperazine rings is 1. The molecule has 0 spiro atoms. The number of nitrogens with one attached hydrogen (secondary N) is 1. The third-order valence-electron chi connectivity index (χ3n) is 3.11. The van der Waals surface area contributed by atoms with Gasteiger partial charge in [0, 0.05) is 39.4 Å². The van der Waals surface area contributed by atoms with Crippen LogP contribution in [0.25, 0.3) is 0 Å². The van der Waals surface area contributed by atoms with Crippen molar-refractivity contribution < 1.29 is 9.18 Å². The van der Waals surface area contributed by atoms with Gasteiger partial charge in [0.25, 0.3) is 0 Å². The summed E-state index contributed by atoms with van der Waals surface area (Å²) in [6.45, 7) is 2.19. The normalized spacial score (nSPS) is 19.7. The Labute approximate surface area is 106 Å². The molecule has 1 unspecified atom stereocenters. The number of amides is 1. The van der Waals surface area contributed by atoms with Crippen molar-refractivity contribution in [2.24, 2.45) is 0 Å². The quantitative estimate of drug-likeness (QED) is 0.840. The molecule has 5 heteroatoms. The standard InChI is InChI=1S/C13H18FN3O/c1-16(2)13(18)12-9-17(8-7-15-12)11-5-3-10(14)4-6-11/h3-6,12,15H,7-9H2,1-2H3. The van der Waals surface area contributed by atoms with Crippen LogP contribution in [0.15, 0.2) is 24.3 Å². The average molecular weight is 251 g/mol. The van der Waals surface area contributed by atoms with Gasteiger partial charge in [0.15, 0.2) is 0 Å². The Kier molecular flexibility index (Phi) is 3.81. The van der Waals surface area contributed by atoms with Crippen molar-refractivity contribution in [2.75, 3.05) is 38.6 Å². The molecule has 0 saturated carbocycles. The van der Waals surface area contributed by atoms with E-state index in [2.05, 4.69) is 10.2 Å². The van der Waals surface area contributed by atoms with Gasteiger partial charge in [-0.25, -0.2) is 4.39 Å². The third kappa shape index (κ3) is 2.79. The molecular weight excluding hydrogens is 233 g/mol. The zero-order chi connectivity index (χ0) is 13.1. The Balaban J connectivity index is 2.07. The molecule has 1 fully saturated rings. The molecule has 1 aliphatic rings. The van der Waals surface area contributed by atoms with Gasteiger partial charge in [0.05, 0.1) is 0 Å². The van der Waals surface area contributed by atoms with E-state index in [9.17, 15) is 9.18 Å². The number of nitrogens with zero attached hydrogens (tertiary/aromatic N) is 2. The fraction of sp³-hybridized carbons (Fsp3) is 0.462. The van der Waals surface area contributed by atoms with E-state index in [1.54, 1.807) is 31.1 Å². The van der Waals surface area contributed by atoms with Gasteiger partial charge in [0.2, 0.25) is 5.91 Å². The van der Waals surface area contributed by atoms with Crippen LogP contribution in [0.4, 0.5) is 10.1 Å². The fourth-order valence-electron chi connectivity index (χ4n) is 2.11. The first-order valence-corrected chi connectivity index (χ1v) is 6.03. The second-order valence-corrected chi connectivity index (χ2v) is 4.66. The van der Waals surface area contributed by atoms with E-state index >= 15 is 0 Å². The highest BCUT2D eigenvalue weighted by molar-refractivity contribution is 5.82. The summed E-state index contributed by atoms with van der Waals surface area (Å²) in [5, 5.41) is 3.20. The Bertz CT molecular complexity index is 419. The smallest absolute Gasteiger partial charge is 0.241 e. The van der Waals surface area contributed by atoms with Crippen LogP contribution in [0.5, 0.6) is 0 Å². The summed E-state index contributed by atoms with van der Waals surface area (Å²) in [7, 11) is 3.50. The molecule has 0 bridgehead atoms.